The lowest BCUT2D eigenvalue weighted by atomic mass is 9.89. The van der Waals surface area contributed by atoms with Crippen molar-refractivity contribution in [3.8, 4) is 22.5 Å². The molecule has 8 unspecified atom stereocenters. The van der Waals surface area contributed by atoms with Crippen molar-refractivity contribution in [1.29, 1.82) is 0 Å². The van der Waals surface area contributed by atoms with Gasteiger partial charge >= 0.3 is 5.97 Å². The van der Waals surface area contributed by atoms with Gasteiger partial charge in [0.15, 0.2) is 17.5 Å². The van der Waals surface area contributed by atoms with Crippen LogP contribution in [0.4, 0.5) is 18.9 Å². The maximum atomic E-state index is 14.0. The minimum atomic E-state index is -1.58. The molecule has 0 bridgehead atoms. The SMILES string of the molecule is COC1C(SC2COCC(n3cc(-c4cccc(N)c4)nn3)C2O)OC(COC(C)=O)C(C)C1n1cc(-c2cc(F)c(F)c(F)c2)nn1. The summed E-state index contributed by atoms with van der Waals surface area (Å²) in [4.78, 5) is 11.7. The van der Waals surface area contributed by atoms with Gasteiger partial charge in [0.05, 0.1) is 49.1 Å². The standard InChI is InChI=1S/C31H34F3N7O6S/c1-15-25(13-46-16(2)42)47-31(30(44-3)28(15)41-11-23(37-39-41)18-8-20(32)27(34)21(33)9-18)48-26-14-45-12-24(29(26)43)40-10-22(36-38-40)17-5-4-6-19(35)7-17/h4-11,15,24-26,28-31,43H,12-14,35H2,1-3H3. The summed E-state index contributed by atoms with van der Waals surface area (Å²) in [5.41, 5.74) is 7.24. The zero-order valence-corrected chi connectivity index (χ0v) is 27.0. The summed E-state index contributed by atoms with van der Waals surface area (Å²) in [6.45, 7) is 3.46. The molecule has 0 radical (unpaired) electrons. The predicted molar refractivity (Wildman–Crippen MR) is 167 cm³/mol. The van der Waals surface area contributed by atoms with E-state index in [1.165, 1.54) is 36.7 Å². The Morgan fingerprint density at radius 2 is 1.75 bits per heavy atom. The number of aliphatic hydroxyl groups is 1. The van der Waals surface area contributed by atoms with Crippen LogP contribution < -0.4 is 5.73 Å². The van der Waals surface area contributed by atoms with Gasteiger partial charge in [0, 0.05) is 36.8 Å². The van der Waals surface area contributed by atoms with Gasteiger partial charge in [0.2, 0.25) is 0 Å². The zero-order chi connectivity index (χ0) is 34.1. The molecule has 6 rings (SSSR count). The van der Waals surface area contributed by atoms with Gasteiger partial charge in [-0.1, -0.05) is 29.5 Å². The number of rotatable bonds is 9. The summed E-state index contributed by atoms with van der Waals surface area (Å²) in [6, 6.07) is 7.76. The molecule has 2 fully saturated rings. The number of thioether (sulfide) groups is 1. The number of aliphatic hydroxyl groups excluding tert-OH is 1. The average Bonchev–Trinajstić information content (AvgIpc) is 3.75. The van der Waals surface area contributed by atoms with Crippen LogP contribution in [0.5, 0.6) is 0 Å². The van der Waals surface area contributed by atoms with Gasteiger partial charge in [0.25, 0.3) is 0 Å². The molecule has 3 N–H and O–H groups in total. The number of carbonyl (C=O) groups is 1. The fourth-order valence-electron chi connectivity index (χ4n) is 6.00. The van der Waals surface area contributed by atoms with E-state index in [2.05, 4.69) is 20.6 Å². The van der Waals surface area contributed by atoms with Crippen molar-refractivity contribution in [2.45, 2.75) is 54.9 Å². The minimum absolute atomic E-state index is 0.00534. The second-order valence-electron chi connectivity index (χ2n) is 11.7. The summed E-state index contributed by atoms with van der Waals surface area (Å²) < 4.78 is 68.3. The second-order valence-corrected chi connectivity index (χ2v) is 13.1. The van der Waals surface area contributed by atoms with Crippen molar-refractivity contribution < 1.29 is 42.0 Å². The van der Waals surface area contributed by atoms with E-state index in [0.717, 1.165) is 17.7 Å². The Morgan fingerprint density at radius 1 is 1.06 bits per heavy atom. The van der Waals surface area contributed by atoms with E-state index in [0.29, 0.717) is 11.4 Å². The average molecular weight is 690 g/mol. The number of methoxy groups -OCH3 is 1. The van der Waals surface area contributed by atoms with Crippen molar-refractivity contribution in [3.63, 3.8) is 0 Å². The molecule has 8 atom stereocenters. The van der Waals surface area contributed by atoms with E-state index in [4.69, 9.17) is 24.7 Å². The van der Waals surface area contributed by atoms with E-state index < -0.39 is 64.5 Å². The molecule has 2 aliphatic rings. The first kappa shape index (κ1) is 33.9. The van der Waals surface area contributed by atoms with E-state index in [1.807, 2.05) is 19.1 Å². The molecule has 0 aliphatic carbocycles. The number of anilines is 1. The summed E-state index contributed by atoms with van der Waals surface area (Å²) in [7, 11) is 1.50. The third kappa shape index (κ3) is 6.91. The first-order valence-corrected chi connectivity index (χ1v) is 16.1. The predicted octanol–water partition coefficient (Wildman–Crippen LogP) is 3.42. The smallest absolute Gasteiger partial charge is 0.302 e. The largest absolute Gasteiger partial charge is 0.463 e. The van der Waals surface area contributed by atoms with Crippen LogP contribution in [0.25, 0.3) is 22.5 Å². The number of nitrogens with zero attached hydrogens (tertiary/aromatic N) is 6. The molecule has 0 spiro atoms. The van der Waals surface area contributed by atoms with Crippen LogP contribution in [0, 0.1) is 23.4 Å². The molecule has 13 nitrogen and oxygen atoms in total. The van der Waals surface area contributed by atoms with Crippen molar-refractivity contribution in [2.24, 2.45) is 5.92 Å². The number of ether oxygens (including phenoxy) is 4. The van der Waals surface area contributed by atoms with Gasteiger partial charge < -0.3 is 29.8 Å². The molecule has 4 heterocycles. The van der Waals surface area contributed by atoms with Crippen LogP contribution in [0.1, 0.15) is 25.9 Å². The zero-order valence-electron chi connectivity index (χ0n) is 26.2. The van der Waals surface area contributed by atoms with Gasteiger partial charge in [-0.05, 0) is 24.3 Å². The van der Waals surface area contributed by atoms with Crippen LogP contribution in [-0.2, 0) is 23.7 Å². The number of hydrogen-bond donors (Lipinski definition) is 2. The lowest BCUT2D eigenvalue weighted by Gasteiger charge is -2.46. The Kier molecular flexibility index (Phi) is 10.0. The molecular formula is C31H34F3N7O6S. The van der Waals surface area contributed by atoms with Gasteiger partial charge in [-0.25, -0.2) is 22.5 Å². The first-order valence-electron chi connectivity index (χ1n) is 15.1. The maximum Gasteiger partial charge on any atom is 0.302 e. The van der Waals surface area contributed by atoms with E-state index in [9.17, 15) is 23.1 Å². The van der Waals surface area contributed by atoms with Crippen molar-refractivity contribution in [2.75, 3.05) is 32.7 Å². The Bertz CT molecular complexity index is 1740. The molecule has 2 aromatic heterocycles. The monoisotopic (exact) mass is 689 g/mol. The molecular weight excluding hydrogens is 655 g/mol. The Labute approximate surface area is 277 Å². The Hall–Kier alpha value is -4.03. The Morgan fingerprint density at radius 3 is 2.44 bits per heavy atom. The number of nitrogens with two attached hydrogens (primary N) is 1. The topological polar surface area (TPSA) is 162 Å². The highest BCUT2D eigenvalue weighted by atomic mass is 32.2. The first-order chi connectivity index (χ1) is 23.0. The summed E-state index contributed by atoms with van der Waals surface area (Å²) in [5.74, 6) is -5.16. The lowest BCUT2D eigenvalue weighted by Crippen LogP contribution is -2.54. The number of esters is 1. The number of benzene rings is 2. The summed E-state index contributed by atoms with van der Waals surface area (Å²) in [6.07, 6.45) is 0.939. The quantitative estimate of drug-likeness (QED) is 0.150. The second kappa shape index (κ2) is 14.2. The third-order valence-corrected chi connectivity index (χ3v) is 9.96. The molecule has 2 aliphatic heterocycles. The van der Waals surface area contributed by atoms with Crippen molar-refractivity contribution in [3.05, 3.63) is 66.2 Å². The number of nitrogen functional groups attached to an aromatic ring is 1. The van der Waals surface area contributed by atoms with Crippen LogP contribution in [0.15, 0.2) is 48.8 Å². The summed E-state index contributed by atoms with van der Waals surface area (Å²) in [5, 5.41) is 27.9. The van der Waals surface area contributed by atoms with Crippen LogP contribution >= 0.6 is 11.8 Å². The minimum Gasteiger partial charge on any atom is -0.463 e. The van der Waals surface area contributed by atoms with Gasteiger partial charge in [-0.3, -0.25) is 4.79 Å². The fraction of sp³-hybridized carbons (Fsp3) is 0.452. The normalized spacial score (nSPS) is 27.6. The lowest BCUT2D eigenvalue weighted by molar-refractivity contribution is -0.172. The van der Waals surface area contributed by atoms with Gasteiger partial charge in [-0.2, -0.15) is 0 Å². The highest BCUT2D eigenvalue weighted by Crippen LogP contribution is 2.43. The molecule has 2 aromatic carbocycles. The van der Waals surface area contributed by atoms with E-state index >= 15 is 0 Å². The molecule has 4 aromatic rings. The van der Waals surface area contributed by atoms with Crippen molar-refractivity contribution in [1.82, 2.24) is 30.0 Å². The highest BCUT2D eigenvalue weighted by Gasteiger charge is 2.49. The Balaban J connectivity index is 1.25. The van der Waals surface area contributed by atoms with E-state index in [1.54, 1.807) is 23.0 Å². The third-order valence-electron chi connectivity index (χ3n) is 8.54. The van der Waals surface area contributed by atoms with E-state index in [-0.39, 0.29) is 37.0 Å². The number of aromatic nitrogens is 6. The fourth-order valence-corrected chi connectivity index (χ4v) is 7.49. The van der Waals surface area contributed by atoms with Gasteiger partial charge in [-0.15, -0.1) is 22.0 Å². The molecule has 48 heavy (non-hydrogen) atoms. The van der Waals surface area contributed by atoms with Crippen LogP contribution in [-0.4, -0.2) is 97.0 Å². The molecule has 2 saturated heterocycles. The van der Waals surface area contributed by atoms with Crippen LogP contribution in [0.3, 0.4) is 0 Å². The summed E-state index contributed by atoms with van der Waals surface area (Å²) >= 11 is 1.29. The van der Waals surface area contributed by atoms with Crippen LogP contribution in [0.2, 0.25) is 0 Å². The maximum absolute atomic E-state index is 14.0. The highest BCUT2D eigenvalue weighted by molar-refractivity contribution is 8.00. The molecule has 0 amide bonds. The number of hydrogen-bond acceptors (Lipinski definition) is 12. The van der Waals surface area contributed by atoms with Crippen molar-refractivity contribution >= 4 is 23.4 Å². The number of carbonyl (C=O) groups excluding carboxylic acids is 1. The van der Waals surface area contributed by atoms with Gasteiger partial charge in [0.1, 0.15) is 35.6 Å². The molecule has 0 saturated carbocycles. The molecule has 256 valence electrons. The molecule has 17 heteroatoms. The number of halogens is 3.